The van der Waals surface area contributed by atoms with Crippen molar-refractivity contribution in [2.45, 2.75) is 6.54 Å². The highest BCUT2D eigenvalue weighted by Gasteiger charge is 2.13. The van der Waals surface area contributed by atoms with Crippen molar-refractivity contribution in [3.63, 3.8) is 0 Å². The first kappa shape index (κ1) is 18.4. The summed E-state index contributed by atoms with van der Waals surface area (Å²) in [5.74, 6) is 0.195. The molecule has 0 saturated heterocycles. The van der Waals surface area contributed by atoms with Gasteiger partial charge < -0.3 is 4.74 Å². The number of Topliss-reactive ketones (excluding diaryl/α,β-unsaturated/α-hetero) is 1. The fourth-order valence-electron chi connectivity index (χ4n) is 2.58. The molecular weight excluding hydrogens is 362 g/mol. The average Bonchev–Trinajstić information content (AvgIpc) is 3.14. The molecule has 0 fully saturated rings. The zero-order chi connectivity index (χ0) is 19.2. The van der Waals surface area contributed by atoms with Crippen LogP contribution in [-0.2, 0) is 6.54 Å². The van der Waals surface area contributed by atoms with Crippen molar-refractivity contribution in [3.05, 3.63) is 88.2 Å². The van der Waals surface area contributed by atoms with E-state index in [4.69, 9.17) is 16.3 Å². The van der Waals surface area contributed by atoms with Gasteiger partial charge in [-0.15, -0.1) is 0 Å². The molecule has 0 spiro atoms. The molecule has 0 bridgehead atoms. The van der Waals surface area contributed by atoms with Gasteiger partial charge in [-0.1, -0.05) is 41.9 Å². The largest absolute Gasteiger partial charge is 0.497 e. The molecule has 0 amide bonds. The smallest absolute Gasteiger partial charge is 0.203 e. The number of methoxy groups -OCH3 is 1. The predicted molar refractivity (Wildman–Crippen MR) is 104 cm³/mol. The zero-order valence-electron chi connectivity index (χ0n) is 14.6. The Labute approximate surface area is 162 Å². The lowest BCUT2D eigenvalue weighted by Gasteiger charge is -2.03. The van der Waals surface area contributed by atoms with E-state index in [-0.39, 0.29) is 11.4 Å². The molecule has 27 heavy (non-hydrogen) atoms. The summed E-state index contributed by atoms with van der Waals surface area (Å²) in [5.41, 5.74) is 2.02. The van der Waals surface area contributed by atoms with Gasteiger partial charge in [-0.05, 0) is 29.8 Å². The number of ketones is 1. The molecule has 0 N–H and O–H groups in total. The first-order valence-corrected chi connectivity index (χ1v) is 8.55. The van der Waals surface area contributed by atoms with Gasteiger partial charge in [0.25, 0.3) is 0 Å². The fourth-order valence-corrected chi connectivity index (χ4v) is 2.77. The van der Waals surface area contributed by atoms with Gasteiger partial charge in [-0.2, -0.15) is 10.4 Å². The number of ether oxygens (including phenoxy) is 1. The number of aromatic nitrogens is 2. The Hall–Kier alpha value is -3.36. The minimum Gasteiger partial charge on any atom is -0.497 e. The number of carbonyl (C=O) groups is 1. The van der Waals surface area contributed by atoms with Crippen molar-refractivity contribution in [3.8, 4) is 11.8 Å². The maximum atomic E-state index is 12.6. The number of nitrogens with zero attached hydrogens (tertiary/aromatic N) is 3. The van der Waals surface area contributed by atoms with Crippen LogP contribution in [0.25, 0.3) is 6.08 Å². The fraction of sp³-hybridized carbons (Fsp3) is 0.0952. The van der Waals surface area contributed by atoms with Crippen LogP contribution in [0.2, 0.25) is 5.02 Å². The van der Waals surface area contributed by atoms with Crippen LogP contribution in [-0.4, -0.2) is 22.7 Å². The maximum absolute atomic E-state index is 12.6. The maximum Gasteiger partial charge on any atom is 0.203 e. The Balaban J connectivity index is 1.82. The molecule has 0 aliphatic rings. The lowest BCUT2D eigenvalue weighted by atomic mass is 10.0. The minimum atomic E-state index is -0.366. The molecular formula is C21H16ClN3O2. The molecule has 3 rings (SSSR count). The molecule has 1 aromatic heterocycles. The minimum absolute atomic E-state index is 0.0283. The van der Waals surface area contributed by atoms with Crippen LogP contribution < -0.4 is 4.74 Å². The summed E-state index contributed by atoms with van der Waals surface area (Å²) < 4.78 is 6.83. The Morgan fingerprint density at radius 3 is 2.85 bits per heavy atom. The molecule has 0 aliphatic carbocycles. The second-order valence-electron chi connectivity index (χ2n) is 5.79. The molecule has 0 atom stereocenters. The number of benzene rings is 2. The highest BCUT2D eigenvalue weighted by molar-refractivity contribution is 6.31. The Morgan fingerprint density at radius 2 is 2.11 bits per heavy atom. The van der Waals surface area contributed by atoms with Crippen LogP contribution in [0.1, 0.15) is 21.5 Å². The van der Waals surface area contributed by atoms with E-state index >= 15 is 0 Å². The summed E-state index contributed by atoms with van der Waals surface area (Å²) in [6.07, 6.45) is 4.89. The SMILES string of the molecule is COc1cccc(C(=O)/C(C#N)=C/c2cnn(Cc3ccccc3Cl)c2)c1. The van der Waals surface area contributed by atoms with Gasteiger partial charge in [0.05, 0.1) is 19.9 Å². The number of hydrogen-bond acceptors (Lipinski definition) is 4. The van der Waals surface area contributed by atoms with E-state index in [0.29, 0.717) is 28.4 Å². The second kappa shape index (κ2) is 8.35. The van der Waals surface area contributed by atoms with Crippen LogP contribution in [0.3, 0.4) is 0 Å². The normalized spacial score (nSPS) is 11.1. The summed E-state index contributed by atoms with van der Waals surface area (Å²) in [6, 6.07) is 16.2. The lowest BCUT2D eigenvalue weighted by Crippen LogP contribution is -2.02. The molecule has 0 radical (unpaired) electrons. The topological polar surface area (TPSA) is 67.9 Å². The van der Waals surface area contributed by atoms with E-state index in [1.54, 1.807) is 41.3 Å². The van der Waals surface area contributed by atoms with Crippen LogP contribution >= 0.6 is 11.6 Å². The Kier molecular flexibility index (Phi) is 5.70. The third-order valence-corrected chi connectivity index (χ3v) is 4.32. The highest BCUT2D eigenvalue weighted by atomic mass is 35.5. The molecule has 1 heterocycles. The number of rotatable bonds is 6. The van der Waals surface area contributed by atoms with Crippen molar-refractivity contribution >= 4 is 23.5 Å². The number of hydrogen-bond donors (Lipinski definition) is 0. The molecule has 6 heteroatoms. The molecule has 0 saturated carbocycles. The van der Waals surface area contributed by atoms with E-state index in [1.807, 2.05) is 30.3 Å². The predicted octanol–water partition coefficient (Wildman–Crippen LogP) is 4.38. The monoisotopic (exact) mass is 377 g/mol. The van der Waals surface area contributed by atoms with Gasteiger partial charge in [0.1, 0.15) is 17.4 Å². The van der Waals surface area contributed by atoms with Crippen molar-refractivity contribution in [2.24, 2.45) is 0 Å². The molecule has 2 aromatic carbocycles. The van der Waals surface area contributed by atoms with Crippen molar-refractivity contribution in [2.75, 3.05) is 7.11 Å². The van der Waals surface area contributed by atoms with E-state index in [2.05, 4.69) is 5.10 Å². The van der Waals surface area contributed by atoms with Crippen molar-refractivity contribution < 1.29 is 9.53 Å². The van der Waals surface area contributed by atoms with Gasteiger partial charge in [-0.3, -0.25) is 9.48 Å². The van der Waals surface area contributed by atoms with Crippen molar-refractivity contribution in [1.82, 2.24) is 9.78 Å². The quantitative estimate of drug-likeness (QED) is 0.363. The number of carbonyl (C=O) groups excluding carboxylic acids is 1. The van der Waals surface area contributed by atoms with Crippen LogP contribution in [0.15, 0.2) is 66.5 Å². The average molecular weight is 378 g/mol. The second-order valence-corrected chi connectivity index (χ2v) is 6.20. The van der Waals surface area contributed by atoms with Gasteiger partial charge >= 0.3 is 0 Å². The molecule has 0 aliphatic heterocycles. The van der Waals surface area contributed by atoms with Crippen LogP contribution in [0.5, 0.6) is 5.75 Å². The zero-order valence-corrected chi connectivity index (χ0v) is 15.3. The first-order chi connectivity index (χ1) is 13.1. The molecule has 3 aromatic rings. The summed E-state index contributed by atoms with van der Waals surface area (Å²) >= 11 is 6.17. The first-order valence-electron chi connectivity index (χ1n) is 8.17. The third-order valence-electron chi connectivity index (χ3n) is 3.95. The summed E-state index contributed by atoms with van der Waals surface area (Å²) in [7, 11) is 1.53. The summed E-state index contributed by atoms with van der Waals surface area (Å²) in [5, 5.41) is 14.3. The standard InChI is InChI=1S/C21H16ClN3O2/c1-27-19-7-4-6-16(10-19)21(26)18(11-23)9-15-12-24-25(13-15)14-17-5-2-3-8-20(17)22/h2-10,12-13H,14H2,1H3/b18-9+. The van der Waals surface area contributed by atoms with Crippen LogP contribution in [0.4, 0.5) is 0 Å². The van der Waals surface area contributed by atoms with E-state index in [1.165, 1.54) is 13.2 Å². The van der Waals surface area contributed by atoms with Gasteiger partial charge in [0, 0.05) is 22.3 Å². The van der Waals surface area contributed by atoms with E-state index in [0.717, 1.165) is 5.56 Å². The third kappa shape index (κ3) is 4.43. The van der Waals surface area contributed by atoms with Gasteiger partial charge in [0.15, 0.2) is 0 Å². The van der Waals surface area contributed by atoms with Gasteiger partial charge in [0.2, 0.25) is 5.78 Å². The summed E-state index contributed by atoms with van der Waals surface area (Å²) in [4.78, 5) is 12.6. The highest BCUT2D eigenvalue weighted by Crippen LogP contribution is 2.19. The Morgan fingerprint density at radius 1 is 1.30 bits per heavy atom. The number of halogens is 1. The molecule has 5 nitrogen and oxygen atoms in total. The van der Waals surface area contributed by atoms with Crippen molar-refractivity contribution in [1.29, 1.82) is 5.26 Å². The molecule has 134 valence electrons. The lowest BCUT2D eigenvalue weighted by molar-refractivity contribution is 0.103. The van der Waals surface area contributed by atoms with E-state index < -0.39 is 0 Å². The van der Waals surface area contributed by atoms with E-state index in [9.17, 15) is 10.1 Å². The number of nitriles is 1. The molecule has 0 unspecified atom stereocenters. The van der Waals surface area contributed by atoms with Crippen LogP contribution in [0, 0.1) is 11.3 Å². The Bertz CT molecular complexity index is 1050. The van der Waals surface area contributed by atoms with Gasteiger partial charge in [-0.25, -0.2) is 0 Å². The number of allylic oxidation sites excluding steroid dienone is 1. The summed E-state index contributed by atoms with van der Waals surface area (Å²) in [6.45, 7) is 0.499.